The number of carboxylic acids is 1. The van der Waals surface area contributed by atoms with Crippen molar-refractivity contribution in [2.24, 2.45) is 11.7 Å². The Morgan fingerprint density at radius 2 is 1.81 bits per heavy atom. The minimum absolute atomic E-state index is 0.183. The quantitative estimate of drug-likeness (QED) is 0.738. The van der Waals surface area contributed by atoms with Gasteiger partial charge in [0.2, 0.25) is 5.91 Å². The molecule has 1 aliphatic carbocycles. The van der Waals surface area contributed by atoms with Gasteiger partial charge in [-0.1, -0.05) is 49.6 Å². The average molecular weight is 290 g/mol. The Morgan fingerprint density at radius 1 is 1.14 bits per heavy atom. The van der Waals surface area contributed by atoms with E-state index < -0.39 is 12.0 Å². The molecule has 0 aromatic heterocycles. The van der Waals surface area contributed by atoms with Crippen LogP contribution in [0.1, 0.15) is 43.7 Å². The largest absolute Gasteiger partial charge is 0.479 e. The van der Waals surface area contributed by atoms with Crippen LogP contribution in [-0.4, -0.2) is 23.0 Å². The molecular weight excluding hydrogens is 268 g/mol. The van der Waals surface area contributed by atoms with Crippen LogP contribution in [-0.2, 0) is 9.59 Å². The van der Waals surface area contributed by atoms with Crippen molar-refractivity contribution >= 4 is 11.9 Å². The van der Waals surface area contributed by atoms with Crippen LogP contribution in [0.15, 0.2) is 30.3 Å². The summed E-state index contributed by atoms with van der Waals surface area (Å²) in [6.45, 7) is 0. The number of carbonyl (C=O) groups excluding carboxylic acids is 1. The fourth-order valence-electron chi connectivity index (χ4n) is 2.84. The van der Waals surface area contributed by atoms with Crippen molar-refractivity contribution < 1.29 is 14.7 Å². The molecule has 114 valence electrons. The predicted octanol–water partition coefficient (Wildman–Crippen LogP) is 1.84. The van der Waals surface area contributed by atoms with Gasteiger partial charge >= 0.3 is 5.97 Å². The molecular formula is C16H22N2O3. The van der Waals surface area contributed by atoms with Crippen molar-refractivity contribution in [1.82, 2.24) is 5.32 Å². The molecule has 0 aliphatic heterocycles. The Kier molecular flexibility index (Phi) is 5.33. The maximum atomic E-state index is 12.4. The number of hydrogen-bond acceptors (Lipinski definition) is 3. The highest BCUT2D eigenvalue weighted by Crippen LogP contribution is 2.23. The number of carboxylic acid groups (broad SMARTS) is 1. The summed E-state index contributed by atoms with van der Waals surface area (Å²) in [5.74, 6) is -1.60. The van der Waals surface area contributed by atoms with E-state index in [2.05, 4.69) is 5.32 Å². The fourth-order valence-corrected chi connectivity index (χ4v) is 2.84. The molecule has 1 aliphatic rings. The van der Waals surface area contributed by atoms with Crippen LogP contribution in [0.25, 0.3) is 0 Å². The van der Waals surface area contributed by atoms with E-state index in [9.17, 15) is 14.7 Å². The Morgan fingerprint density at radius 3 is 2.48 bits per heavy atom. The summed E-state index contributed by atoms with van der Waals surface area (Å²) in [6.07, 6.45) is 4.63. The van der Waals surface area contributed by atoms with E-state index in [4.69, 9.17) is 5.73 Å². The van der Waals surface area contributed by atoms with E-state index in [1.807, 2.05) is 6.07 Å². The van der Waals surface area contributed by atoms with Crippen molar-refractivity contribution in [1.29, 1.82) is 0 Å². The fraction of sp³-hybridized carbons (Fsp3) is 0.500. The van der Waals surface area contributed by atoms with E-state index in [-0.39, 0.29) is 17.9 Å². The van der Waals surface area contributed by atoms with Crippen molar-refractivity contribution in [2.75, 3.05) is 0 Å². The Bertz CT molecular complexity index is 490. The summed E-state index contributed by atoms with van der Waals surface area (Å²) >= 11 is 0. The molecule has 21 heavy (non-hydrogen) atoms. The third-order valence-electron chi connectivity index (χ3n) is 4.07. The molecule has 5 heteroatoms. The number of benzene rings is 1. The minimum Gasteiger partial charge on any atom is -0.479 e. The maximum Gasteiger partial charge on any atom is 0.330 e. The van der Waals surface area contributed by atoms with Crippen LogP contribution in [0.5, 0.6) is 0 Å². The zero-order valence-electron chi connectivity index (χ0n) is 12.0. The highest BCUT2D eigenvalue weighted by Gasteiger charge is 2.30. The molecule has 0 heterocycles. The van der Waals surface area contributed by atoms with E-state index in [1.54, 1.807) is 24.3 Å². The van der Waals surface area contributed by atoms with Crippen molar-refractivity contribution in [3.63, 3.8) is 0 Å². The third kappa shape index (κ3) is 4.04. The molecule has 1 amide bonds. The van der Waals surface area contributed by atoms with Crippen LogP contribution in [0.3, 0.4) is 0 Å². The second-order valence-electron chi connectivity index (χ2n) is 5.60. The summed E-state index contributed by atoms with van der Waals surface area (Å²) in [4.78, 5) is 23.8. The van der Waals surface area contributed by atoms with Crippen molar-refractivity contribution in [3.05, 3.63) is 35.9 Å². The van der Waals surface area contributed by atoms with Gasteiger partial charge in [-0.3, -0.25) is 4.79 Å². The van der Waals surface area contributed by atoms with Crippen LogP contribution < -0.4 is 11.1 Å². The number of carbonyl (C=O) groups is 2. The van der Waals surface area contributed by atoms with Gasteiger partial charge < -0.3 is 16.2 Å². The monoisotopic (exact) mass is 290 g/mol. The number of aliphatic carboxylic acids is 1. The van der Waals surface area contributed by atoms with Gasteiger partial charge in [-0.05, 0) is 18.4 Å². The topological polar surface area (TPSA) is 92.4 Å². The lowest BCUT2D eigenvalue weighted by Crippen LogP contribution is -2.44. The molecule has 0 saturated heterocycles. The normalized spacial score (nSPS) is 23.9. The van der Waals surface area contributed by atoms with Gasteiger partial charge in [0.25, 0.3) is 0 Å². The summed E-state index contributed by atoms with van der Waals surface area (Å²) in [5.41, 5.74) is 6.63. The predicted molar refractivity (Wildman–Crippen MR) is 79.5 cm³/mol. The molecule has 5 nitrogen and oxygen atoms in total. The zero-order chi connectivity index (χ0) is 15.2. The van der Waals surface area contributed by atoms with Crippen LogP contribution in [0, 0.1) is 5.92 Å². The van der Waals surface area contributed by atoms with Gasteiger partial charge in [0.15, 0.2) is 6.04 Å². The lowest BCUT2D eigenvalue weighted by Gasteiger charge is -2.23. The molecule has 3 atom stereocenters. The lowest BCUT2D eigenvalue weighted by atomic mass is 9.94. The van der Waals surface area contributed by atoms with Gasteiger partial charge in [0.1, 0.15) is 0 Å². The Labute approximate surface area is 124 Å². The molecule has 4 N–H and O–H groups in total. The smallest absolute Gasteiger partial charge is 0.330 e. The van der Waals surface area contributed by atoms with Crippen LogP contribution in [0.2, 0.25) is 0 Å². The van der Waals surface area contributed by atoms with Crippen LogP contribution >= 0.6 is 0 Å². The third-order valence-corrected chi connectivity index (χ3v) is 4.07. The Hall–Kier alpha value is -1.88. The molecule has 2 rings (SSSR count). The number of nitrogens with one attached hydrogen (secondary N) is 1. The van der Waals surface area contributed by atoms with Gasteiger partial charge in [-0.2, -0.15) is 0 Å². The van der Waals surface area contributed by atoms with Crippen LogP contribution in [0.4, 0.5) is 0 Å². The number of hydrogen-bond donors (Lipinski definition) is 3. The zero-order valence-corrected chi connectivity index (χ0v) is 12.0. The molecule has 1 aromatic rings. The molecule has 0 radical (unpaired) electrons. The first-order chi connectivity index (χ1) is 10.1. The molecule has 0 bridgehead atoms. The highest BCUT2D eigenvalue weighted by atomic mass is 16.4. The summed E-state index contributed by atoms with van der Waals surface area (Å²) < 4.78 is 0. The summed E-state index contributed by atoms with van der Waals surface area (Å²) in [5, 5.41) is 12.0. The molecule has 2 unspecified atom stereocenters. The molecule has 1 fully saturated rings. The van der Waals surface area contributed by atoms with Gasteiger partial charge in [0, 0.05) is 6.04 Å². The molecule has 1 saturated carbocycles. The first-order valence-electron chi connectivity index (χ1n) is 7.43. The lowest BCUT2D eigenvalue weighted by molar-refractivity contribution is -0.142. The second kappa shape index (κ2) is 7.22. The number of amides is 1. The second-order valence-corrected chi connectivity index (χ2v) is 5.60. The first kappa shape index (κ1) is 15.5. The number of nitrogens with two attached hydrogens (primary N) is 1. The van der Waals surface area contributed by atoms with E-state index in [0.717, 1.165) is 32.1 Å². The first-order valence-corrected chi connectivity index (χ1v) is 7.43. The Balaban J connectivity index is 2.09. The van der Waals surface area contributed by atoms with Gasteiger partial charge in [-0.25, -0.2) is 4.79 Å². The van der Waals surface area contributed by atoms with E-state index in [1.165, 1.54) is 0 Å². The summed E-state index contributed by atoms with van der Waals surface area (Å²) in [7, 11) is 0. The van der Waals surface area contributed by atoms with Crippen molar-refractivity contribution in [2.45, 2.75) is 44.2 Å². The highest BCUT2D eigenvalue weighted by molar-refractivity contribution is 5.86. The SMILES string of the molecule is NC1CCCCCC1C(=O)N[C@@H](C(=O)O)c1ccccc1. The molecule has 0 spiro atoms. The van der Waals surface area contributed by atoms with Crippen molar-refractivity contribution in [3.8, 4) is 0 Å². The van der Waals surface area contributed by atoms with Gasteiger partial charge in [0.05, 0.1) is 5.92 Å². The van der Waals surface area contributed by atoms with E-state index in [0.29, 0.717) is 5.56 Å². The van der Waals surface area contributed by atoms with E-state index >= 15 is 0 Å². The minimum atomic E-state index is -1.06. The van der Waals surface area contributed by atoms with Gasteiger partial charge in [-0.15, -0.1) is 0 Å². The standard InChI is InChI=1S/C16H22N2O3/c17-13-10-6-2-5-9-12(13)15(19)18-14(16(20)21)11-7-3-1-4-8-11/h1,3-4,7-8,12-14H,2,5-6,9-10,17H2,(H,18,19)(H,20,21)/t12?,13?,14-/m1/s1. The molecule has 1 aromatic carbocycles. The summed E-state index contributed by atoms with van der Waals surface area (Å²) in [6, 6.07) is 7.53. The maximum absolute atomic E-state index is 12.4. The average Bonchev–Trinajstić information content (AvgIpc) is 2.69. The number of rotatable bonds is 4.